The van der Waals surface area contributed by atoms with E-state index in [0.29, 0.717) is 11.6 Å². The van der Waals surface area contributed by atoms with Gasteiger partial charge in [0.25, 0.3) is 11.8 Å². The first-order valence-corrected chi connectivity index (χ1v) is 9.71. The number of piperidine rings is 1. The monoisotopic (exact) mass is 341 g/mol. The Morgan fingerprint density at radius 1 is 1.16 bits per heavy atom. The minimum absolute atomic E-state index is 0.00993. The predicted molar refractivity (Wildman–Crippen MR) is 97.9 cm³/mol. The lowest BCUT2D eigenvalue weighted by Gasteiger charge is -2.47. The Bertz CT molecular complexity index is 682. The first-order valence-electron chi connectivity index (χ1n) is 9.71. The van der Waals surface area contributed by atoms with Gasteiger partial charge in [-0.15, -0.1) is 0 Å². The van der Waals surface area contributed by atoms with Crippen molar-refractivity contribution in [2.45, 2.75) is 64.1 Å². The Morgan fingerprint density at radius 2 is 1.92 bits per heavy atom. The number of amides is 2. The molecule has 1 saturated heterocycles. The van der Waals surface area contributed by atoms with Crippen molar-refractivity contribution < 1.29 is 9.59 Å². The number of hydrogen-bond acceptors (Lipinski definition) is 3. The maximum Gasteiger partial charge on any atom is 0.257 e. The van der Waals surface area contributed by atoms with Crippen molar-refractivity contribution >= 4 is 17.5 Å². The number of fused-ring (bicyclic) bond motifs is 2. The quantitative estimate of drug-likeness (QED) is 0.919. The number of rotatable bonds is 3. The first kappa shape index (κ1) is 16.4. The molecule has 1 aliphatic carbocycles. The molecule has 5 nitrogen and oxygen atoms in total. The van der Waals surface area contributed by atoms with Crippen molar-refractivity contribution in [3.05, 3.63) is 29.3 Å². The third kappa shape index (κ3) is 2.90. The maximum absolute atomic E-state index is 12.9. The third-order valence-corrected chi connectivity index (χ3v) is 5.92. The molecule has 134 valence electrons. The smallest absolute Gasteiger partial charge is 0.257 e. The zero-order chi connectivity index (χ0) is 17.4. The van der Waals surface area contributed by atoms with Crippen molar-refractivity contribution in [2.75, 3.05) is 18.0 Å². The lowest BCUT2D eigenvalue weighted by molar-refractivity contribution is 0.0582. The van der Waals surface area contributed by atoms with Gasteiger partial charge in [0.2, 0.25) is 0 Å². The Balaban J connectivity index is 1.64. The third-order valence-electron chi connectivity index (χ3n) is 5.92. The number of nitrogens with one attached hydrogen (secondary N) is 1. The Labute approximate surface area is 149 Å². The normalized spacial score (nSPS) is 23.4. The molecule has 0 spiro atoms. The maximum atomic E-state index is 12.9. The van der Waals surface area contributed by atoms with Crippen LogP contribution >= 0.6 is 0 Å². The lowest BCUT2D eigenvalue weighted by atomic mass is 9.97. The summed E-state index contributed by atoms with van der Waals surface area (Å²) in [5.74, 6) is 0.108. The minimum atomic E-state index is -0.00993. The first-order chi connectivity index (χ1) is 12.2. The molecule has 1 saturated carbocycles. The van der Waals surface area contributed by atoms with E-state index in [0.717, 1.165) is 56.4 Å². The van der Waals surface area contributed by atoms with E-state index >= 15 is 0 Å². The summed E-state index contributed by atoms with van der Waals surface area (Å²) in [7, 11) is 0. The van der Waals surface area contributed by atoms with Crippen LogP contribution in [0.1, 0.15) is 72.6 Å². The Kier molecular flexibility index (Phi) is 4.40. The van der Waals surface area contributed by atoms with E-state index in [2.05, 4.69) is 17.1 Å². The summed E-state index contributed by atoms with van der Waals surface area (Å²) in [5, 5.41) is 3.15. The second-order valence-electron chi connectivity index (χ2n) is 7.45. The molecule has 25 heavy (non-hydrogen) atoms. The molecule has 1 aromatic rings. The van der Waals surface area contributed by atoms with Gasteiger partial charge in [-0.25, -0.2) is 0 Å². The highest BCUT2D eigenvalue weighted by Crippen LogP contribution is 2.35. The highest BCUT2D eigenvalue weighted by atomic mass is 16.2. The van der Waals surface area contributed by atoms with Crippen LogP contribution in [0.4, 0.5) is 5.69 Å². The topological polar surface area (TPSA) is 52.7 Å². The molecule has 0 bridgehead atoms. The fraction of sp³-hybridized carbons (Fsp3) is 0.600. The van der Waals surface area contributed by atoms with Gasteiger partial charge in [-0.1, -0.05) is 12.8 Å². The molecular formula is C20H27N3O2. The highest BCUT2D eigenvalue weighted by Gasteiger charge is 2.38. The highest BCUT2D eigenvalue weighted by molar-refractivity contribution is 6.04. The molecule has 4 rings (SSSR count). The standard InChI is InChI=1S/C20H27N3O2/c1-2-22-17-13-14(19(24)21-15-7-3-4-8-15)10-11-16(17)20(25)23-12-6-5-9-18(22)23/h10-11,13,15,18H,2-9,12H2,1H3,(H,21,24)/t18-/m0/s1. The minimum Gasteiger partial charge on any atom is -0.351 e. The van der Waals surface area contributed by atoms with Crippen molar-refractivity contribution in [2.24, 2.45) is 0 Å². The summed E-state index contributed by atoms with van der Waals surface area (Å²) < 4.78 is 0. The molecule has 0 aromatic heterocycles. The molecule has 0 radical (unpaired) electrons. The second-order valence-corrected chi connectivity index (χ2v) is 7.45. The zero-order valence-corrected chi connectivity index (χ0v) is 15.0. The van der Waals surface area contributed by atoms with E-state index in [-0.39, 0.29) is 18.0 Å². The molecule has 3 aliphatic rings. The lowest BCUT2D eigenvalue weighted by Crippen LogP contribution is -2.57. The van der Waals surface area contributed by atoms with Crippen molar-refractivity contribution in [3.63, 3.8) is 0 Å². The number of anilines is 1. The second kappa shape index (κ2) is 6.70. The van der Waals surface area contributed by atoms with Gasteiger partial charge in [0, 0.05) is 24.7 Å². The van der Waals surface area contributed by atoms with Crippen LogP contribution in [0.2, 0.25) is 0 Å². The number of benzene rings is 1. The van der Waals surface area contributed by atoms with Crippen LogP contribution in [0.3, 0.4) is 0 Å². The van der Waals surface area contributed by atoms with Crippen molar-refractivity contribution in [1.82, 2.24) is 10.2 Å². The molecule has 2 amide bonds. The zero-order valence-electron chi connectivity index (χ0n) is 15.0. The van der Waals surface area contributed by atoms with Crippen LogP contribution in [0.25, 0.3) is 0 Å². The molecule has 2 aliphatic heterocycles. The van der Waals surface area contributed by atoms with E-state index in [1.807, 2.05) is 17.0 Å². The molecule has 2 heterocycles. The molecule has 2 fully saturated rings. The van der Waals surface area contributed by atoms with Crippen LogP contribution in [-0.4, -0.2) is 42.0 Å². The number of carbonyl (C=O) groups is 2. The van der Waals surface area contributed by atoms with Gasteiger partial charge in [-0.05, 0) is 57.2 Å². The average molecular weight is 341 g/mol. The van der Waals surface area contributed by atoms with Crippen LogP contribution in [0, 0.1) is 0 Å². The summed E-state index contributed by atoms with van der Waals surface area (Å²) in [4.78, 5) is 29.8. The van der Waals surface area contributed by atoms with Crippen molar-refractivity contribution in [3.8, 4) is 0 Å². The van der Waals surface area contributed by atoms with Gasteiger partial charge in [-0.3, -0.25) is 9.59 Å². The summed E-state index contributed by atoms with van der Waals surface area (Å²) in [5.41, 5.74) is 2.33. The molecule has 0 unspecified atom stereocenters. The summed E-state index contributed by atoms with van der Waals surface area (Å²) in [6.45, 7) is 3.80. The van der Waals surface area contributed by atoms with E-state index in [9.17, 15) is 9.59 Å². The molecule has 1 atom stereocenters. The largest absolute Gasteiger partial charge is 0.351 e. The van der Waals surface area contributed by atoms with Gasteiger partial charge >= 0.3 is 0 Å². The number of nitrogens with zero attached hydrogens (tertiary/aromatic N) is 2. The summed E-state index contributed by atoms with van der Waals surface area (Å²) in [6.07, 6.45) is 7.94. The molecule has 1 N–H and O–H groups in total. The van der Waals surface area contributed by atoms with Gasteiger partial charge in [0.1, 0.15) is 6.17 Å². The van der Waals surface area contributed by atoms with Gasteiger partial charge in [-0.2, -0.15) is 0 Å². The fourth-order valence-electron chi connectivity index (χ4n) is 4.60. The van der Waals surface area contributed by atoms with Gasteiger partial charge in [0.15, 0.2) is 0 Å². The van der Waals surface area contributed by atoms with E-state index in [1.165, 1.54) is 12.8 Å². The molecule has 1 aromatic carbocycles. The molecule has 5 heteroatoms. The van der Waals surface area contributed by atoms with E-state index in [1.54, 1.807) is 6.07 Å². The SMILES string of the molecule is CCN1c2cc(C(=O)NC3CCCC3)ccc2C(=O)N2CCCC[C@H]21. The summed E-state index contributed by atoms with van der Waals surface area (Å²) in [6, 6.07) is 5.88. The fourth-order valence-corrected chi connectivity index (χ4v) is 4.60. The molecular weight excluding hydrogens is 314 g/mol. The Morgan fingerprint density at radius 3 is 2.68 bits per heavy atom. The van der Waals surface area contributed by atoms with Gasteiger partial charge < -0.3 is 15.1 Å². The van der Waals surface area contributed by atoms with Gasteiger partial charge in [0.05, 0.1) is 11.3 Å². The number of carbonyl (C=O) groups excluding carboxylic acids is 2. The average Bonchev–Trinajstić information content (AvgIpc) is 3.15. The Hall–Kier alpha value is -2.04. The summed E-state index contributed by atoms with van der Waals surface area (Å²) >= 11 is 0. The number of hydrogen-bond donors (Lipinski definition) is 1. The van der Waals surface area contributed by atoms with Crippen LogP contribution in [0.15, 0.2) is 18.2 Å². The van der Waals surface area contributed by atoms with E-state index < -0.39 is 0 Å². The van der Waals surface area contributed by atoms with Crippen LogP contribution < -0.4 is 10.2 Å². The van der Waals surface area contributed by atoms with Crippen molar-refractivity contribution in [1.29, 1.82) is 0 Å². The predicted octanol–water partition coefficient (Wildman–Crippen LogP) is 3.15. The van der Waals surface area contributed by atoms with E-state index in [4.69, 9.17) is 0 Å². The van der Waals surface area contributed by atoms with Crippen LogP contribution in [-0.2, 0) is 0 Å². The van der Waals surface area contributed by atoms with Crippen LogP contribution in [0.5, 0.6) is 0 Å².